The number of carbonyl (C=O) groups excluding carboxylic acids is 1. The molecule has 0 unspecified atom stereocenters. The van der Waals surface area contributed by atoms with E-state index in [0.717, 1.165) is 15.4 Å². The first-order valence-corrected chi connectivity index (χ1v) is 9.65. The number of aromatic nitrogens is 1. The monoisotopic (exact) mass is 390 g/mol. The Morgan fingerprint density at radius 1 is 1.00 bits per heavy atom. The van der Waals surface area contributed by atoms with Crippen LogP contribution in [0.2, 0.25) is 0 Å². The van der Waals surface area contributed by atoms with Gasteiger partial charge in [-0.15, -0.1) is 0 Å². The third-order valence-electron chi connectivity index (χ3n) is 4.01. The number of rotatable bonds is 5. The zero-order chi connectivity index (χ0) is 19.2. The minimum absolute atomic E-state index is 0.219. The van der Waals surface area contributed by atoms with Crippen molar-refractivity contribution in [2.75, 3.05) is 18.5 Å². The fraction of sp³-hybridized carbons (Fsp3) is 0.0909. The normalized spacial score (nSPS) is 12.7. The second kappa shape index (κ2) is 8.63. The Hall–Kier alpha value is -3.25. The van der Waals surface area contributed by atoms with Crippen LogP contribution in [0.15, 0.2) is 82.9 Å². The number of anilines is 1. The topological polar surface area (TPSA) is 60.5 Å². The number of nitrogens with one attached hydrogen (secondary N) is 1. The Bertz CT molecular complexity index is 991. The Balaban J connectivity index is 1.59. The van der Waals surface area contributed by atoms with E-state index in [1.165, 1.54) is 6.08 Å². The summed E-state index contributed by atoms with van der Waals surface area (Å²) in [6.45, 7) is 1.01. The van der Waals surface area contributed by atoms with Gasteiger partial charge in [0.25, 0.3) is 0 Å². The molecule has 0 aliphatic carbocycles. The summed E-state index contributed by atoms with van der Waals surface area (Å²) < 4.78 is 11.4. The number of hydrogen-bond donors (Lipinski definition) is 1. The van der Waals surface area contributed by atoms with Crippen molar-refractivity contribution in [3.63, 3.8) is 0 Å². The lowest BCUT2D eigenvalue weighted by Crippen LogP contribution is -2.16. The fourth-order valence-corrected chi connectivity index (χ4v) is 3.62. The molecule has 1 amide bonds. The number of fused-ring (bicyclic) bond motifs is 1. The van der Waals surface area contributed by atoms with Crippen LogP contribution >= 0.6 is 11.8 Å². The summed E-state index contributed by atoms with van der Waals surface area (Å²) in [7, 11) is 0. The molecule has 0 saturated carbocycles. The van der Waals surface area contributed by atoms with Gasteiger partial charge in [0, 0.05) is 40.4 Å². The van der Waals surface area contributed by atoms with Gasteiger partial charge in [0.05, 0.1) is 5.69 Å². The molecule has 2 aromatic carbocycles. The third kappa shape index (κ3) is 4.53. The first-order chi connectivity index (χ1) is 13.8. The summed E-state index contributed by atoms with van der Waals surface area (Å²) in [6, 6.07) is 17.4. The molecule has 4 rings (SSSR count). The highest BCUT2D eigenvalue weighted by molar-refractivity contribution is 7.99. The lowest BCUT2D eigenvalue weighted by Gasteiger charge is -2.21. The smallest absolute Gasteiger partial charge is 0.248 e. The van der Waals surface area contributed by atoms with Crippen molar-refractivity contribution in [2.45, 2.75) is 9.79 Å². The molecule has 5 nitrogen and oxygen atoms in total. The Labute approximate surface area is 167 Å². The van der Waals surface area contributed by atoms with Crippen molar-refractivity contribution >= 4 is 29.4 Å². The van der Waals surface area contributed by atoms with Crippen LogP contribution in [-0.4, -0.2) is 24.1 Å². The predicted molar refractivity (Wildman–Crippen MR) is 110 cm³/mol. The second-order valence-electron chi connectivity index (χ2n) is 6.01. The molecule has 0 fully saturated rings. The van der Waals surface area contributed by atoms with Crippen molar-refractivity contribution < 1.29 is 14.3 Å². The Morgan fingerprint density at radius 2 is 1.71 bits per heavy atom. The number of benzene rings is 2. The van der Waals surface area contributed by atoms with E-state index >= 15 is 0 Å². The molecule has 0 spiro atoms. The van der Waals surface area contributed by atoms with Crippen LogP contribution in [0.1, 0.15) is 5.56 Å². The van der Waals surface area contributed by atoms with Gasteiger partial charge in [0.1, 0.15) is 13.2 Å². The van der Waals surface area contributed by atoms with E-state index in [4.69, 9.17) is 9.47 Å². The van der Waals surface area contributed by atoms with Crippen LogP contribution in [-0.2, 0) is 4.79 Å². The van der Waals surface area contributed by atoms with Gasteiger partial charge in [-0.1, -0.05) is 30.0 Å². The molecule has 1 aliphatic heterocycles. The van der Waals surface area contributed by atoms with Crippen molar-refractivity contribution in [3.8, 4) is 11.5 Å². The molecule has 0 bridgehead atoms. The quantitative estimate of drug-likeness (QED) is 0.642. The highest BCUT2D eigenvalue weighted by atomic mass is 32.2. The average Bonchev–Trinajstić information content (AvgIpc) is 2.74. The summed E-state index contributed by atoms with van der Waals surface area (Å²) in [5.41, 5.74) is 1.59. The van der Waals surface area contributed by atoms with Gasteiger partial charge in [-0.3, -0.25) is 9.78 Å². The van der Waals surface area contributed by atoms with Gasteiger partial charge in [-0.05, 0) is 35.9 Å². The van der Waals surface area contributed by atoms with E-state index in [9.17, 15) is 4.79 Å². The molecule has 140 valence electrons. The Kier molecular flexibility index (Phi) is 5.58. The van der Waals surface area contributed by atoms with Gasteiger partial charge in [0.15, 0.2) is 11.5 Å². The number of pyridine rings is 1. The Morgan fingerprint density at radius 3 is 2.46 bits per heavy atom. The number of carbonyl (C=O) groups is 1. The zero-order valence-electron chi connectivity index (χ0n) is 15.0. The standard InChI is InChI=1S/C22H18N2O3S/c25-22(7-6-16-8-10-23-11-9-16)24-18-14-19-20(27-13-12-26-19)15-21(18)28-17-4-2-1-3-5-17/h1-11,14-15H,12-13H2,(H,24,25)/b7-6+. The molecule has 1 aliphatic rings. The van der Waals surface area contributed by atoms with E-state index < -0.39 is 0 Å². The summed E-state index contributed by atoms with van der Waals surface area (Å²) in [5, 5.41) is 2.95. The fourth-order valence-electron chi connectivity index (χ4n) is 2.69. The SMILES string of the molecule is O=C(/C=C/c1ccncc1)Nc1cc2c(cc1Sc1ccccc1)OCCO2. The average molecular weight is 390 g/mol. The molecule has 0 radical (unpaired) electrons. The number of hydrogen-bond acceptors (Lipinski definition) is 5. The lowest BCUT2D eigenvalue weighted by atomic mass is 10.2. The predicted octanol–water partition coefficient (Wildman–Crippen LogP) is 4.66. The van der Waals surface area contributed by atoms with Gasteiger partial charge in [-0.25, -0.2) is 0 Å². The maximum absolute atomic E-state index is 12.5. The van der Waals surface area contributed by atoms with Crippen LogP contribution < -0.4 is 14.8 Å². The third-order valence-corrected chi connectivity index (χ3v) is 5.07. The van der Waals surface area contributed by atoms with E-state index in [1.807, 2.05) is 54.6 Å². The van der Waals surface area contributed by atoms with Crippen LogP contribution in [0.4, 0.5) is 5.69 Å². The molecule has 2 heterocycles. The number of nitrogens with zero attached hydrogens (tertiary/aromatic N) is 1. The molecule has 28 heavy (non-hydrogen) atoms. The summed E-state index contributed by atoms with van der Waals surface area (Å²) in [4.78, 5) is 18.4. The maximum atomic E-state index is 12.5. The van der Waals surface area contributed by atoms with E-state index in [0.29, 0.717) is 30.4 Å². The largest absolute Gasteiger partial charge is 0.486 e. The first kappa shape index (κ1) is 18.1. The molecule has 1 aromatic heterocycles. The highest BCUT2D eigenvalue weighted by Crippen LogP contribution is 2.42. The van der Waals surface area contributed by atoms with Crippen molar-refractivity contribution in [2.24, 2.45) is 0 Å². The van der Waals surface area contributed by atoms with Crippen molar-refractivity contribution in [1.29, 1.82) is 0 Å². The van der Waals surface area contributed by atoms with Crippen LogP contribution in [0.3, 0.4) is 0 Å². The number of amides is 1. The molecule has 0 saturated heterocycles. The van der Waals surface area contributed by atoms with Crippen LogP contribution in [0, 0.1) is 0 Å². The molecule has 1 N–H and O–H groups in total. The summed E-state index contributed by atoms with van der Waals surface area (Å²) in [6.07, 6.45) is 6.63. The van der Waals surface area contributed by atoms with E-state index in [1.54, 1.807) is 30.2 Å². The van der Waals surface area contributed by atoms with Gasteiger partial charge >= 0.3 is 0 Å². The second-order valence-corrected chi connectivity index (χ2v) is 7.13. The minimum atomic E-state index is -0.219. The van der Waals surface area contributed by atoms with Gasteiger partial charge in [0.2, 0.25) is 5.91 Å². The van der Waals surface area contributed by atoms with E-state index in [-0.39, 0.29) is 5.91 Å². The van der Waals surface area contributed by atoms with Gasteiger partial charge < -0.3 is 14.8 Å². The van der Waals surface area contributed by atoms with Crippen molar-refractivity contribution in [3.05, 3.63) is 78.6 Å². The lowest BCUT2D eigenvalue weighted by molar-refractivity contribution is -0.111. The van der Waals surface area contributed by atoms with Crippen LogP contribution in [0.25, 0.3) is 6.08 Å². The first-order valence-electron chi connectivity index (χ1n) is 8.83. The molecular weight excluding hydrogens is 372 g/mol. The molecule has 0 atom stereocenters. The van der Waals surface area contributed by atoms with Gasteiger partial charge in [-0.2, -0.15) is 0 Å². The van der Waals surface area contributed by atoms with Crippen molar-refractivity contribution in [1.82, 2.24) is 4.98 Å². The molecular formula is C22H18N2O3S. The number of ether oxygens (including phenoxy) is 2. The summed E-state index contributed by atoms with van der Waals surface area (Å²) in [5.74, 6) is 1.11. The highest BCUT2D eigenvalue weighted by Gasteiger charge is 2.17. The maximum Gasteiger partial charge on any atom is 0.248 e. The van der Waals surface area contributed by atoms with E-state index in [2.05, 4.69) is 10.3 Å². The molecule has 3 aromatic rings. The summed E-state index contributed by atoms with van der Waals surface area (Å²) >= 11 is 1.56. The zero-order valence-corrected chi connectivity index (χ0v) is 15.8. The minimum Gasteiger partial charge on any atom is -0.486 e. The molecule has 6 heteroatoms. The van der Waals surface area contributed by atoms with Crippen LogP contribution in [0.5, 0.6) is 11.5 Å².